The van der Waals surface area contributed by atoms with Crippen LogP contribution in [0.4, 0.5) is 10.1 Å². The number of halogens is 1. The van der Waals surface area contributed by atoms with Gasteiger partial charge in [0.25, 0.3) is 0 Å². The Morgan fingerprint density at radius 1 is 1.23 bits per heavy atom. The van der Waals surface area contributed by atoms with Gasteiger partial charge in [0.2, 0.25) is 0 Å². The lowest BCUT2D eigenvalue weighted by molar-refractivity contribution is 0.272. The molecule has 1 aromatic carbocycles. The van der Waals surface area contributed by atoms with Crippen molar-refractivity contribution in [2.45, 2.75) is 51.2 Å². The molecule has 6 heteroatoms. The molecule has 2 aliphatic rings. The van der Waals surface area contributed by atoms with E-state index in [1.54, 1.807) is 6.33 Å². The molecular formula is C20H27FN4S. The van der Waals surface area contributed by atoms with Gasteiger partial charge in [-0.25, -0.2) is 13.7 Å². The molecule has 1 fully saturated rings. The van der Waals surface area contributed by atoms with Gasteiger partial charge >= 0.3 is 0 Å². The Morgan fingerprint density at radius 2 is 2.12 bits per heavy atom. The summed E-state index contributed by atoms with van der Waals surface area (Å²) in [7, 11) is 0. The van der Waals surface area contributed by atoms with Crippen LogP contribution in [0.3, 0.4) is 0 Å². The lowest BCUT2D eigenvalue weighted by atomic mass is 9.81. The fraction of sp³-hybridized carbons (Fsp3) is 0.550. The van der Waals surface area contributed by atoms with Gasteiger partial charge in [0, 0.05) is 31.0 Å². The van der Waals surface area contributed by atoms with Crippen molar-refractivity contribution in [1.82, 2.24) is 14.3 Å². The predicted octanol–water partition coefficient (Wildman–Crippen LogP) is 4.76. The van der Waals surface area contributed by atoms with Gasteiger partial charge in [-0.15, -0.1) is 0 Å². The molecule has 1 unspecified atom stereocenters. The van der Waals surface area contributed by atoms with Crippen LogP contribution in [0.2, 0.25) is 0 Å². The predicted molar refractivity (Wildman–Crippen MR) is 106 cm³/mol. The van der Waals surface area contributed by atoms with E-state index in [-0.39, 0.29) is 6.01 Å². The molecule has 1 N–H and O–H groups in total. The maximum absolute atomic E-state index is 13.1. The molecule has 1 saturated carbocycles. The first-order chi connectivity index (χ1) is 12.8. The van der Waals surface area contributed by atoms with Crippen molar-refractivity contribution in [3.05, 3.63) is 48.0 Å². The first kappa shape index (κ1) is 17.9. The number of rotatable bonds is 7. The number of hydrogen-bond acceptors (Lipinski definition) is 4. The number of nitrogens with one attached hydrogen (secondary N) is 1. The second-order valence-electron chi connectivity index (χ2n) is 7.42. The van der Waals surface area contributed by atoms with Crippen molar-refractivity contribution in [2.24, 2.45) is 5.92 Å². The molecule has 4 nitrogen and oxygen atoms in total. The molecule has 1 aliphatic carbocycles. The second kappa shape index (κ2) is 8.44. The number of alkyl halides is 1. The van der Waals surface area contributed by atoms with Gasteiger partial charge in [-0.2, -0.15) is 0 Å². The summed E-state index contributed by atoms with van der Waals surface area (Å²) in [5, 5.41) is 0. The third-order valence-corrected chi connectivity index (χ3v) is 6.50. The quantitative estimate of drug-likeness (QED) is 0.709. The summed E-state index contributed by atoms with van der Waals surface area (Å²) in [5.74, 6) is 0.893. The van der Waals surface area contributed by atoms with Crippen LogP contribution in [0.5, 0.6) is 0 Å². The Hall–Kier alpha value is -1.53. The van der Waals surface area contributed by atoms with Gasteiger partial charge in [0.1, 0.15) is 6.01 Å². The zero-order valence-corrected chi connectivity index (χ0v) is 15.9. The number of hydrogen-bond donors (Lipinski definition) is 1. The van der Waals surface area contributed by atoms with Crippen LogP contribution in [-0.2, 0) is 13.1 Å². The van der Waals surface area contributed by atoms with Crippen LogP contribution < -0.4 is 4.90 Å². The fourth-order valence-corrected chi connectivity index (χ4v) is 4.75. The highest BCUT2D eigenvalue weighted by Crippen LogP contribution is 2.36. The Labute approximate surface area is 159 Å². The Morgan fingerprint density at radius 3 is 2.85 bits per heavy atom. The third kappa shape index (κ3) is 4.07. The van der Waals surface area contributed by atoms with Crippen LogP contribution in [0, 0.1) is 5.92 Å². The number of imidazole rings is 1. The van der Waals surface area contributed by atoms with Gasteiger partial charge < -0.3 is 9.88 Å². The summed E-state index contributed by atoms with van der Waals surface area (Å²) < 4.78 is 15.3. The second-order valence-corrected chi connectivity index (χ2v) is 8.42. The molecule has 2 aromatic rings. The molecule has 140 valence electrons. The molecule has 1 atom stereocenters. The SMILES string of the molecule is FCSN1Cc2ccccc2N(Cc2cnc[nH]2)C(CCC2CCC2)C1. The van der Waals surface area contributed by atoms with Crippen molar-refractivity contribution in [3.63, 3.8) is 0 Å². The number of nitrogens with zero attached hydrogens (tertiary/aromatic N) is 3. The van der Waals surface area contributed by atoms with E-state index < -0.39 is 0 Å². The largest absolute Gasteiger partial charge is 0.361 e. The normalized spacial score (nSPS) is 21.3. The minimum atomic E-state index is -0.363. The topological polar surface area (TPSA) is 35.2 Å². The number of aromatic nitrogens is 2. The van der Waals surface area contributed by atoms with Crippen molar-refractivity contribution >= 4 is 17.6 Å². The number of anilines is 1. The average Bonchev–Trinajstić information content (AvgIpc) is 3.06. The standard InChI is InChI=1S/C20H27FN4S/c21-14-26-24-11-17-6-1-2-7-20(17)25(12-18-10-22-15-23-18)19(13-24)9-8-16-4-3-5-16/h1-2,6-7,10,15-16,19H,3-5,8-9,11-14H2,(H,22,23). The lowest BCUT2D eigenvalue weighted by Crippen LogP contribution is -2.40. The Balaban J connectivity index is 1.61. The number of aromatic amines is 1. The highest BCUT2D eigenvalue weighted by Gasteiger charge is 2.30. The van der Waals surface area contributed by atoms with Gasteiger partial charge in [0.05, 0.1) is 18.6 Å². The Bertz CT molecular complexity index is 689. The van der Waals surface area contributed by atoms with Gasteiger partial charge in [0.15, 0.2) is 0 Å². The van der Waals surface area contributed by atoms with Crippen LogP contribution in [-0.4, -0.2) is 32.9 Å². The maximum Gasteiger partial charge on any atom is 0.149 e. The molecule has 2 heterocycles. The lowest BCUT2D eigenvalue weighted by Gasteiger charge is -2.35. The van der Waals surface area contributed by atoms with Crippen molar-refractivity contribution in [1.29, 1.82) is 0 Å². The molecule has 0 amide bonds. The van der Waals surface area contributed by atoms with E-state index >= 15 is 0 Å². The summed E-state index contributed by atoms with van der Waals surface area (Å²) >= 11 is 1.32. The van der Waals surface area contributed by atoms with Crippen LogP contribution in [0.25, 0.3) is 0 Å². The molecule has 4 rings (SSSR count). The highest BCUT2D eigenvalue weighted by atomic mass is 32.2. The zero-order chi connectivity index (χ0) is 17.8. The van der Waals surface area contributed by atoms with E-state index in [0.29, 0.717) is 6.04 Å². The summed E-state index contributed by atoms with van der Waals surface area (Å²) in [6, 6.07) is 8.61. The van der Waals surface area contributed by atoms with Crippen molar-refractivity contribution < 1.29 is 4.39 Å². The molecule has 0 spiro atoms. The van der Waals surface area contributed by atoms with Gasteiger partial charge in [-0.1, -0.05) is 37.5 Å². The zero-order valence-electron chi connectivity index (χ0n) is 15.1. The first-order valence-corrected chi connectivity index (χ1v) is 10.5. The summed E-state index contributed by atoms with van der Waals surface area (Å²) in [6.45, 7) is 2.51. The molecule has 1 aliphatic heterocycles. The average molecular weight is 375 g/mol. The van der Waals surface area contributed by atoms with E-state index in [1.165, 1.54) is 48.9 Å². The van der Waals surface area contributed by atoms with Crippen LogP contribution >= 0.6 is 11.9 Å². The van der Waals surface area contributed by atoms with E-state index in [0.717, 1.165) is 37.7 Å². The van der Waals surface area contributed by atoms with E-state index in [9.17, 15) is 4.39 Å². The summed E-state index contributed by atoms with van der Waals surface area (Å²) in [4.78, 5) is 9.95. The van der Waals surface area contributed by atoms with Gasteiger partial charge in [-0.05, 0) is 42.3 Å². The molecular weight excluding hydrogens is 347 g/mol. The number of fused-ring (bicyclic) bond motifs is 1. The first-order valence-electron chi connectivity index (χ1n) is 9.59. The van der Waals surface area contributed by atoms with Gasteiger partial charge in [-0.3, -0.25) is 0 Å². The Kier molecular flexibility index (Phi) is 5.80. The van der Waals surface area contributed by atoms with Crippen molar-refractivity contribution in [3.8, 4) is 0 Å². The summed E-state index contributed by atoms with van der Waals surface area (Å²) in [5.41, 5.74) is 3.68. The number of H-pyrrole nitrogens is 1. The van der Waals surface area contributed by atoms with E-state index in [2.05, 4.69) is 43.4 Å². The third-order valence-electron chi connectivity index (χ3n) is 5.76. The van der Waals surface area contributed by atoms with Crippen LogP contribution in [0.1, 0.15) is 43.4 Å². The molecule has 1 aromatic heterocycles. The minimum absolute atomic E-state index is 0.363. The maximum atomic E-state index is 13.1. The summed E-state index contributed by atoms with van der Waals surface area (Å²) in [6.07, 6.45) is 10.2. The molecule has 0 radical (unpaired) electrons. The molecule has 0 saturated heterocycles. The molecule has 26 heavy (non-hydrogen) atoms. The van der Waals surface area contributed by atoms with E-state index in [1.807, 2.05) is 6.20 Å². The monoisotopic (exact) mass is 374 g/mol. The van der Waals surface area contributed by atoms with Crippen LogP contribution in [0.15, 0.2) is 36.8 Å². The highest BCUT2D eigenvalue weighted by molar-refractivity contribution is 7.96. The molecule has 0 bridgehead atoms. The smallest absolute Gasteiger partial charge is 0.149 e. The number of para-hydroxylation sites is 1. The fourth-order valence-electron chi connectivity index (χ4n) is 4.10. The number of benzene rings is 1. The van der Waals surface area contributed by atoms with E-state index in [4.69, 9.17) is 0 Å². The minimum Gasteiger partial charge on any atom is -0.361 e. The van der Waals surface area contributed by atoms with Crippen molar-refractivity contribution in [2.75, 3.05) is 17.5 Å².